The standard InChI is InChI=1S/C12H14N2O2/c1-2-10-8-9(4-3-7-15)5-6-11(10)14-12(13)16/h5-6,8,15H,2,7H2,1H3,(H3,13,14,16). The van der Waals surface area contributed by atoms with Crippen LogP contribution in [0.4, 0.5) is 10.5 Å². The number of carbonyl (C=O) groups excluding carboxylic acids is 1. The maximum Gasteiger partial charge on any atom is 0.316 e. The van der Waals surface area contributed by atoms with Crippen molar-refractivity contribution in [3.63, 3.8) is 0 Å². The molecular formula is C12H14N2O2. The highest BCUT2D eigenvalue weighted by atomic mass is 16.2. The molecule has 0 saturated carbocycles. The van der Waals surface area contributed by atoms with E-state index in [1.165, 1.54) is 0 Å². The normalized spacial score (nSPS) is 9.12. The van der Waals surface area contributed by atoms with Crippen molar-refractivity contribution in [1.82, 2.24) is 0 Å². The van der Waals surface area contributed by atoms with Gasteiger partial charge in [0.1, 0.15) is 6.61 Å². The highest BCUT2D eigenvalue weighted by molar-refractivity contribution is 5.88. The lowest BCUT2D eigenvalue weighted by molar-refractivity contribution is 0.259. The van der Waals surface area contributed by atoms with Crippen molar-refractivity contribution in [3.8, 4) is 11.8 Å². The molecule has 0 bridgehead atoms. The van der Waals surface area contributed by atoms with Gasteiger partial charge >= 0.3 is 6.03 Å². The van der Waals surface area contributed by atoms with Gasteiger partial charge in [0.25, 0.3) is 0 Å². The Kier molecular flexibility index (Phi) is 4.37. The minimum atomic E-state index is -0.580. The largest absolute Gasteiger partial charge is 0.384 e. The topological polar surface area (TPSA) is 75.3 Å². The van der Waals surface area contributed by atoms with Gasteiger partial charge in [-0.25, -0.2) is 4.79 Å². The molecule has 0 radical (unpaired) electrons. The molecule has 16 heavy (non-hydrogen) atoms. The van der Waals surface area contributed by atoms with Crippen molar-refractivity contribution in [2.75, 3.05) is 11.9 Å². The van der Waals surface area contributed by atoms with Crippen molar-refractivity contribution < 1.29 is 9.90 Å². The first-order valence-corrected chi connectivity index (χ1v) is 4.96. The molecule has 1 rings (SSSR count). The molecule has 0 saturated heterocycles. The fourth-order valence-electron chi connectivity index (χ4n) is 1.36. The van der Waals surface area contributed by atoms with Crippen molar-refractivity contribution in [2.45, 2.75) is 13.3 Å². The summed E-state index contributed by atoms with van der Waals surface area (Å²) in [5, 5.41) is 11.1. The molecule has 0 heterocycles. The van der Waals surface area contributed by atoms with Gasteiger partial charge in [-0.1, -0.05) is 18.8 Å². The van der Waals surface area contributed by atoms with Crippen molar-refractivity contribution >= 4 is 11.7 Å². The SMILES string of the molecule is CCc1cc(C#CCO)ccc1NC(N)=O. The van der Waals surface area contributed by atoms with Gasteiger partial charge in [0, 0.05) is 11.3 Å². The molecule has 84 valence electrons. The number of amides is 2. The Bertz CT molecular complexity index is 444. The fraction of sp³-hybridized carbons (Fsp3) is 0.250. The van der Waals surface area contributed by atoms with E-state index in [0.29, 0.717) is 5.69 Å². The molecule has 1 aromatic rings. The number of hydrogen-bond donors (Lipinski definition) is 3. The van der Waals surface area contributed by atoms with Crippen molar-refractivity contribution in [3.05, 3.63) is 29.3 Å². The summed E-state index contributed by atoms with van der Waals surface area (Å²) in [5.41, 5.74) is 7.52. The van der Waals surface area contributed by atoms with Crippen LogP contribution in [0, 0.1) is 11.8 Å². The summed E-state index contributed by atoms with van der Waals surface area (Å²) in [6.45, 7) is 1.81. The summed E-state index contributed by atoms with van der Waals surface area (Å²) < 4.78 is 0. The zero-order valence-electron chi connectivity index (χ0n) is 9.08. The Labute approximate surface area is 94.5 Å². The lowest BCUT2D eigenvalue weighted by Crippen LogP contribution is -2.20. The molecule has 4 N–H and O–H groups in total. The van der Waals surface area contributed by atoms with E-state index in [4.69, 9.17) is 10.8 Å². The zero-order valence-corrected chi connectivity index (χ0v) is 9.08. The lowest BCUT2D eigenvalue weighted by atomic mass is 10.1. The second kappa shape index (κ2) is 5.79. The van der Waals surface area contributed by atoms with E-state index in [1.54, 1.807) is 12.1 Å². The van der Waals surface area contributed by atoms with Crippen LogP contribution in [0.1, 0.15) is 18.1 Å². The predicted molar refractivity (Wildman–Crippen MR) is 63.0 cm³/mol. The van der Waals surface area contributed by atoms with Crippen LogP contribution < -0.4 is 11.1 Å². The Balaban J connectivity index is 3.01. The summed E-state index contributed by atoms with van der Waals surface area (Å²) in [4.78, 5) is 10.7. The van der Waals surface area contributed by atoms with Crippen LogP contribution in [0.5, 0.6) is 0 Å². The van der Waals surface area contributed by atoms with Crippen molar-refractivity contribution in [2.24, 2.45) is 5.73 Å². The number of benzene rings is 1. The monoisotopic (exact) mass is 218 g/mol. The van der Waals surface area contributed by atoms with Crippen LogP contribution in [0.15, 0.2) is 18.2 Å². The summed E-state index contributed by atoms with van der Waals surface area (Å²) in [5.74, 6) is 5.38. The molecule has 0 aliphatic carbocycles. The number of carbonyl (C=O) groups is 1. The molecule has 0 unspecified atom stereocenters. The summed E-state index contributed by atoms with van der Waals surface area (Å²) >= 11 is 0. The van der Waals surface area contributed by atoms with E-state index in [2.05, 4.69) is 17.2 Å². The third-order valence-corrected chi connectivity index (χ3v) is 2.06. The molecule has 0 aromatic heterocycles. The van der Waals surface area contributed by atoms with E-state index in [1.807, 2.05) is 13.0 Å². The van der Waals surface area contributed by atoms with E-state index >= 15 is 0 Å². The number of anilines is 1. The molecule has 0 fully saturated rings. The average Bonchev–Trinajstić information content (AvgIpc) is 2.27. The smallest absolute Gasteiger partial charge is 0.316 e. The summed E-state index contributed by atoms with van der Waals surface area (Å²) in [6, 6.07) is 4.82. The minimum absolute atomic E-state index is 0.164. The second-order valence-electron chi connectivity index (χ2n) is 3.17. The van der Waals surface area contributed by atoms with Crippen LogP contribution in [0.3, 0.4) is 0 Å². The van der Waals surface area contributed by atoms with E-state index in [9.17, 15) is 4.79 Å². The van der Waals surface area contributed by atoms with Gasteiger partial charge in [-0.15, -0.1) is 0 Å². The molecule has 0 aliphatic heterocycles. The quantitative estimate of drug-likeness (QED) is 0.650. The molecule has 0 spiro atoms. The number of nitrogens with two attached hydrogens (primary N) is 1. The third-order valence-electron chi connectivity index (χ3n) is 2.06. The van der Waals surface area contributed by atoms with Gasteiger partial charge in [0.15, 0.2) is 0 Å². The fourth-order valence-corrected chi connectivity index (χ4v) is 1.36. The first kappa shape index (κ1) is 12.1. The molecule has 4 nitrogen and oxygen atoms in total. The maximum atomic E-state index is 10.7. The second-order valence-corrected chi connectivity index (χ2v) is 3.17. The summed E-state index contributed by atoms with van der Waals surface area (Å²) in [7, 11) is 0. The van der Waals surface area contributed by atoms with E-state index < -0.39 is 6.03 Å². The number of aryl methyl sites for hydroxylation is 1. The van der Waals surface area contributed by atoms with E-state index in [0.717, 1.165) is 17.5 Å². The number of urea groups is 1. The first-order chi connectivity index (χ1) is 7.67. The molecular weight excluding hydrogens is 204 g/mol. The Morgan fingerprint density at radius 3 is 2.88 bits per heavy atom. The van der Waals surface area contributed by atoms with Gasteiger partial charge in [-0.3, -0.25) is 0 Å². The number of aliphatic hydroxyl groups excluding tert-OH is 1. The number of nitrogens with one attached hydrogen (secondary N) is 1. The van der Waals surface area contributed by atoms with Gasteiger partial charge in [0.05, 0.1) is 0 Å². The van der Waals surface area contributed by atoms with Gasteiger partial charge in [-0.05, 0) is 30.2 Å². The van der Waals surface area contributed by atoms with Crippen LogP contribution in [-0.4, -0.2) is 17.7 Å². The maximum absolute atomic E-state index is 10.7. The molecule has 0 aliphatic rings. The lowest BCUT2D eigenvalue weighted by Gasteiger charge is -2.08. The van der Waals surface area contributed by atoms with Crippen LogP contribution >= 0.6 is 0 Å². The Morgan fingerprint density at radius 2 is 2.31 bits per heavy atom. The number of rotatable bonds is 2. The van der Waals surface area contributed by atoms with Gasteiger partial charge in [-0.2, -0.15) is 0 Å². The molecule has 0 atom stereocenters. The Hall–Kier alpha value is -1.99. The number of hydrogen-bond acceptors (Lipinski definition) is 2. The van der Waals surface area contributed by atoms with E-state index in [-0.39, 0.29) is 6.61 Å². The van der Waals surface area contributed by atoms with Crippen molar-refractivity contribution in [1.29, 1.82) is 0 Å². The van der Waals surface area contributed by atoms with Crippen LogP contribution in [0.2, 0.25) is 0 Å². The van der Waals surface area contributed by atoms with Crippen LogP contribution in [0.25, 0.3) is 0 Å². The first-order valence-electron chi connectivity index (χ1n) is 4.96. The predicted octanol–water partition coefficient (Wildman–Crippen LogP) is 1.08. The van der Waals surface area contributed by atoms with Gasteiger partial charge in [0.2, 0.25) is 0 Å². The molecule has 4 heteroatoms. The third kappa shape index (κ3) is 3.30. The van der Waals surface area contributed by atoms with Gasteiger partial charge < -0.3 is 16.2 Å². The zero-order chi connectivity index (χ0) is 12.0. The summed E-state index contributed by atoms with van der Waals surface area (Å²) in [6.07, 6.45) is 0.768. The molecule has 2 amide bonds. The number of primary amides is 1. The highest BCUT2D eigenvalue weighted by Gasteiger charge is 2.03. The minimum Gasteiger partial charge on any atom is -0.384 e. The molecule has 1 aromatic carbocycles. The van der Waals surface area contributed by atoms with Crippen LogP contribution in [-0.2, 0) is 6.42 Å². The number of aliphatic hydroxyl groups is 1. The highest BCUT2D eigenvalue weighted by Crippen LogP contribution is 2.17. The average molecular weight is 218 g/mol. The Morgan fingerprint density at radius 1 is 1.56 bits per heavy atom.